The van der Waals surface area contributed by atoms with E-state index in [1.165, 1.54) is 0 Å². The molecule has 0 radical (unpaired) electrons. The van der Waals surface area contributed by atoms with Crippen molar-refractivity contribution in [1.29, 1.82) is 0 Å². The predicted molar refractivity (Wildman–Crippen MR) is 188 cm³/mol. The Hall–Kier alpha value is -4.32. The molecule has 4 aromatic heterocycles. The molecule has 3 aromatic carbocycles. The van der Waals surface area contributed by atoms with E-state index in [0.717, 1.165) is 33.0 Å². The average molecular weight is 619 g/mol. The van der Waals surface area contributed by atoms with Gasteiger partial charge < -0.3 is 17.7 Å². The fraction of sp³-hybridized carbons (Fsp3) is 0.400. The maximum Gasteiger partial charge on any atom is 0.348 e. The first-order valence-electron chi connectivity index (χ1n) is 16.0. The fourth-order valence-electron chi connectivity index (χ4n) is 6.55. The zero-order chi connectivity index (χ0) is 33.5. The van der Waals surface area contributed by atoms with Crippen LogP contribution in [0.4, 0.5) is 0 Å². The largest absolute Gasteiger partial charge is 0.455 e. The minimum atomic E-state index is -0.477. The van der Waals surface area contributed by atoms with Crippen LogP contribution in [-0.2, 0) is 21.7 Å². The Kier molecular flexibility index (Phi) is 6.03. The van der Waals surface area contributed by atoms with Crippen molar-refractivity contribution in [2.45, 2.75) is 105 Å². The van der Waals surface area contributed by atoms with Gasteiger partial charge >= 0.3 is 11.3 Å². The first-order valence-corrected chi connectivity index (χ1v) is 16.0. The molecule has 6 nitrogen and oxygen atoms in total. The van der Waals surface area contributed by atoms with Crippen molar-refractivity contribution in [2.24, 2.45) is 0 Å². The second kappa shape index (κ2) is 9.15. The van der Waals surface area contributed by atoms with Crippen LogP contribution < -0.4 is 11.3 Å². The Labute approximate surface area is 267 Å². The van der Waals surface area contributed by atoms with Crippen molar-refractivity contribution in [3.63, 3.8) is 0 Å². The summed E-state index contributed by atoms with van der Waals surface area (Å²) in [5.41, 5.74) is 5.32. The molecule has 0 spiro atoms. The lowest BCUT2D eigenvalue weighted by Gasteiger charge is -2.25. The summed E-state index contributed by atoms with van der Waals surface area (Å²) in [5.74, 6) is 0. The van der Waals surface area contributed by atoms with E-state index in [0.29, 0.717) is 55.0 Å². The van der Waals surface area contributed by atoms with E-state index >= 15 is 0 Å². The monoisotopic (exact) mass is 618 g/mol. The van der Waals surface area contributed by atoms with Crippen molar-refractivity contribution in [3.8, 4) is 0 Å². The molecule has 0 bridgehead atoms. The summed E-state index contributed by atoms with van der Waals surface area (Å²) >= 11 is 0. The molecule has 46 heavy (non-hydrogen) atoms. The molecule has 0 aliphatic carbocycles. The van der Waals surface area contributed by atoms with Crippen LogP contribution in [0.5, 0.6) is 0 Å². The van der Waals surface area contributed by atoms with Crippen LogP contribution in [0.2, 0.25) is 0 Å². The van der Waals surface area contributed by atoms with E-state index in [4.69, 9.17) is 17.7 Å². The number of hydrogen-bond acceptors (Lipinski definition) is 6. The van der Waals surface area contributed by atoms with Crippen LogP contribution in [0.25, 0.3) is 65.8 Å². The van der Waals surface area contributed by atoms with Gasteiger partial charge in [0.15, 0.2) is 11.2 Å². The van der Waals surface area contributed by atoms with Gasteiger partial charge in [0.05, 0.1) is 10.8 Å². The van der Waals surface area contributed by atoms with Crippen molar-refractivity contribution < 1.29 is 17.7 Å². The number of rotatable bonds is 0. The van der Waals surface area contributed by atoms with E-state index in [9.17, 15) is 9.59 Å². The first kappa shape index (κ1) is 30.3. The molecule has 0 amide bonds. The highest BCUT2D eigenvalue weighted by Gasteiger charge is 2.30. The third kappa shape index (κ3) is 4.44. The maximum absolute atomic E-state index is 13.7. The molecule has 7 aromatic rings. The van der Waals surface area contributed by atoms with Gasteiger partial charge in [-0.2, -0.15) is 0 Å². The number of hydrogen-bond donors (Lipinski definition) is 0. The van der Waals surface area contributed by atoms with Crippen LogP contribution >= 0.6 is 0 Å². The van der Waals surface area contributed by atoms with Gasteiger partial charge in [-0.3, -0.25) is 0 Å². The highest BCUT2D eigenvalue weighted by atomic mass is 16.4. The van der Waals surface area contributed by atoms with Gasteiger partial charge in [0.2, 0.25) is 0 Å². The van der Waals surface area contributed by atoms with Crippen LogP contribution in [0.15, 0.2) is 63.7 Å². The van der Waals surface area contributed by atoms with Crippen molar-refractivity contribution in [2.75, 3.05) is 0 Å². The molecule has 7 rings (SSSR count). The summed E-state index contributed by atoms with van der Waals surface area (Å²) in [5, 5.41) is 3.33. The molecule has 4 heterocycles. The highest BCUT2D eigenvalue weighted by Crippen LogP contribution is 2.44. The van der Waals surface area contributed by atoms with Crippen LogP contribution in [0.3, 0.4) is 0 Å². The molecule has 0 aliphatic heterocycles. The summed E-state index contributed by atoms with van der Waals surface area (Å²) in [6, 6.07) is 11.9. The Morgan fingerprint density at radius 1 is 0.391 bits per heavy atom. The lowest BCUT2D eigenvalue weighted by atomic mass is 9.79. The van der Waals surface area contributed by atoms with Gasteiger partial charge in [-0.1, -0.05) is 95.2 Å². The quantitative estimate of drug-likeness (QED) is 0.124. The van der Waals surface area contributed by atoms with Crippen molar-refractivity contribution in [1.82, 2.24) is 0 Å². The minimum absolute atomic E-state index is 0.146. The third-order valence-electron chi connectivity index (χ3n) is 9.31. The molecule has 0 unspecified atom stereocenters. The maximum atomic E-state index is 13.7. The minimum Gasteiger partial charge on any atom is -0.455 e. The Bertz CT molecular complexity index is 2360. The van der Waals surface area contributed by atoms with E-state index in [-0.39, 0.29) is 21.7 Å². The molecule has 0 N–H and O–H groups in total. The van der Waals surface area contributed by atoms with Gasteiger partial charge in [-0.25, -0.2) is 9.59 Å². The highest BCUT2D eigenvalue weighted by molar-refractivity contribution is 6.19. The number of benzene rings is 3. The average Bonchev–Trinajstić information content (AvgIpc) is 3.49. The summed E-state index contributed by atoms with van der Waals surface area (Å²) in [7, 11) is 0. The molecule has 238 valence electrons. The molecule has 0 aliphatic rings. The SMILES string of the molecule is CC(C)(C)c1cc(C(C)(C)C)c2oc3c4cc5oc(=O)c6c7cc(C(C)(C)C)cc(C(C)(C)C)c7oc6c5cc4oc(=O)c3c2c1. The Balaban J connectivity index is 1.62. The summed E-state index contributed by atoms with van der Waals surface area (Å²) in [6.45, 7) is 25.8. The third-order valence-corrected chi connectivity index (χ3v) is 9.31. The Morgan fingerprint density at radius 3 is 1.04 bits per heavy atom. The van der Waals surface area contributed by atoms with Gasteiger partial charge in [-0.15, -0.1) is 0 Å². The van der Waals surface area contributed by atoms with Gasteiger partial charge in [0, 0.05) is 21.9 Å². The van der Waals surface area contributed by atoms with Gasteiger partial charge in [-0.05, 0) is 57.1 Å². The molecule has 6 heteroatoms. The molecule has 0 saturated carbocycles. The zero-order valence-corrected chi connectivity index (χ0v) is 28.9. The molecule has 0 fully saturated rings. The lowest BCUT2D eigenvalue weighted by molar-refractivity contribution is 0.553. The zero-order valence-electron chi connectivity index (χ0n) is 28.9. The predicted octanol–water partition coefficient (Wildman–Crippen LogP) is 10.9. The van der Waals surface area contributed by atoms with Crippen LogP contribution in [0, 0.1) is 0 Å². The normalized spacial score (nSPS) is 13.8. The number of fused-ring (bicyclic) bond motifs is 10. The van der Waals surface area contributed by atoms with Crippen LogP contribution in [0.1, 0.15) is 105 Å². The summed E-state index contributed by atoms with van der Waals surface area (Å²) in [6.07, 6.45) is 0. The smallest absolute Gasteiger partial charge is 0.348 e. The molecular formula is C40H42O6. The molecular weight excluding hydrogens is 576 g/mol. The topological polar surface area (TPSA) is 86.7 Å². The summed E-state index contributed by atoms with van der Waals surface area (Å²) < 4.78 is 25.2. The lowest BCUT2D eigenvalue weighted by Crippen LogP contribution is -2.16. The fourth-order valence-corrected chi connectivity index (χ4v) is 6.55. The van der Waals surface area contributed by atoms with Gasteiger partial charge in [0.25, 0.3) is 0 Å². The first-order chi connectivity index (χ1) is 21.1. The van der Waals surface area contributed by atoms with E-state index in [1.54, 1.807) is 12.1 Å². The second-order valence-corrected chi connectivity index (χ2v) is 17.0. The second-order valence-electron chi connectivity index (χ2n) is 17.0. The van der Waals surface area contributed by atoms with E-state index in [2.05, 4.69) is 95.2 Å². The van der Waals surface area contributed by atoms with Crippen LogP contribution in [-0.4, -0.2) is 0 Å². The van der Waals surface area contributed by atoms with Crippen molar-refractivity contribution in [3.05, 3.63) is 79.5 Å². The van der Waals surface area contributed by atoms with E-state index < -0.39 is 11.3 Å². The van der Waals surface area contributed by atoms with Gasteiger partial charge in [0.1, 0.15) is 33.1 Å². The summed E-state index contributed by atoms with van der Waals surface area (Å²) in [4.78, 5) is 27.5. The standard InChI is InChI=1S/C40H42O6/c1-37(2,3)19-13-23-29-33(45-31(23)25(15-19)39(7,8)9)21-17-28-22(18-27(21)43-35(29)41)34-30(36(42)44-28)24-14-20(38(4,5)6)16-26(32(24)46-34)40(10,11)12/h13-18H,1-12H3. The number of furan rings is 2. The van der Waals surface area contributed by atoms with Crippen molar-refractivity contribution >= 4 is 65.8 Å². The Morgan fingerprint density at radius 2 is 0.739 bits per heavy atom. The molecule has 0 saturated heterocycles. The molecule has 0 atom stereocenters. The van der Waals surface area contributed by atoms with E-state index in [1.807, 2.05) is 12.1 Å².